The van der Waals surface area contributed by atoms with Gasteiger partial charge in [0.1, 0.15) is 9.75 Å². The van der Waals surface area contributed by atoms with E-state index in [0.717, 1.165) is 0 Å². The summed E-state index contributed by atoms with van der Waals surface area (Å²) in [6.07, 6.45) is 0. The molecule has 120 valence electrons. The van der Waals surface area contributed by atoms with E-state index in [2.05, 4.69) is 0 Å². The topological polar surface area (TPSA) is 34.1 Å². The Morgan fingerprint density at radius 3 is 1.43 bits per heavy atom. The van der Waals surface area contributed by atoms with Crippen LogP contribution in [0.2, 0.25) is 0 Å². The minimum atomic E-state index is -1.90. The number of Topliss-reactive ketones (excluding diaryl/α,β-unsaturated/α-hetero) is 2. The van der Waals surface area contributed by atoms with E-state index in [9.17, 15) is 9.59 Å². The van der Waals surface area contributed by atoms with Gasteiger partial charge in [0.05, 0.1) is 21.9 Å². The van der Waals surface area contributed by atoms with Crippen LogP contribution >= 0.6 is 69.6 Å². The van der Waals surface area contributed by atoms with Crippen molar-refractivity contribution in [2.24, 2.45) is 11.8 Å². The first kappa shape index (κ1) is 16.5. The first-order valence-electron chi connectivity index (χ1n) is 6.61. The predicted molar refractivity (Wildman–Crippen MR) is 92.4 cm³/mol. The zero-order chi connectivity index (χ0) is 16.9. The number of carbonyl (C=O) groups is 2. The van der Waals surface area contributed by atoms with E-state index in [1.807, 2.05) is 0 Å². The van der Waals surface area contributed by atoms with Crippen molar-refractivity contribution in [3.05, 3.63) is 45.5 Å². The number of hydrogen-bond acceptors (Lipinski definition) is 2. The van der Waals surface area contributed by atoms with Crippen molar-refractivity contribution < 1.29 is 9.59 Å². The molecular formula is C15H6Cl6O2. The highest BCUT2D eigenvalue weighted by molar-refractivity contribution is 6.67. The number of ketones is 2. The molecule has 3 aliphatic rings. The molecule has 0 heterocycles. The van der Waals surface area contributed by atoms with E-state index in [1.165, 1.54) is 0 Å². The van der Waals surface area contributed by atoms with Crippen molar-refractivity contribution >= 4 is 81.2 Å². The standard InChI is InChI=1S/C15H6Cl6O2/c16-11-12(17)14(19)8-7(13(11,18)15(14,20)21)9(22)5-3-1-2-4-6(5)10(8)23/h1-4,7-8H. The normalized spacial score (nSPS) is 40.4. The number of rotatable bonds is 0. The first-order chi connectivity index (χ1) is 10.6. The van der Waals surface area contributed by atoms with Gasteiger partial charge in [0.2, 0.25) is 0 Å². The lowest BCUT2D eigenvalue weighted by Gasteiger charge is -2.38. The predicted octanol–water partition coefficient (Wildman–Crippen LogP) is 5.14. The molecule has 1 aromatic carbocycles. The minimum Gasteiger partial charge on any atom is -0.294 e. The van der Waals surface area contributed by atoms with Crippen molar-refractivity contribution in [1.29, 1.82) is 0 Å². The quantitative estimate of drug-likeness (QED) is 0.534. The molecule has 3 aliphatic carbocycles. The van der Waals surface area contributed by atoms with Gasteiger partial charge in [-0.2, -0.15) is 0 Å². The Labute approximate surface area is 161 Å². The molecule has 4 unspecified atom stereocenters. The maximum atomic E-state index is 13.0. The van der Waals surface area contributed by atoms with E-state index < -0.39 is 25.9 Å². The highest BCUT2D eigenvalue weighted by atomic mass is 35.5. The molecule has 0 aromatic heterocycles. The summed E-state index contributed by atoms with van der Waals surface area (Å²) >= 11 is 38.6. The molecule has 2 nitrogen and oxygen atoms in total. The molecule has 0 aliphatic heterocycles. The van der Waals surface area contributed by atoms with Gasteiger partial charge in [-0.1, -0.05) is 70.7 Å². The maximum Gasteiger partial charge on any atom is 0.169 e. The number of benzene rings is 1. The molecule has 0 spiro atoms. The monoisotopic (exact) mass is 428 g/mol. The molecule has 23 heavy (non-hydrogen) atoms. The molecule has 4 atom stereocenters. The van der Waals surface area contributed by atoms with Crippen molar-refractivity contribution in [2.75, 3.05) is 0 Å². The Kier molecular flexibility index (Phi) is 3.30. The summed E-state index contributed by atoms with van der Waals surface area (Å²) < 4.78 is -1.90. The molecule has 2 bridgehead atoms. The molecular weight excluding hydrogens is 425 g/mol. The summed E-state index contributed by atoms with van der Waals surface area (Å²) in [4.78, 5) is 22.5. The number of fused-ring (bicyclic) bond motifs is 6. The van der Waals surface area contributed by atoms with Gasteiger partial charge in [-0.3, -0.25) is 9.59 Å². The van der Waals surface area contributed by atoms with Crippen LogP contribution in [0.4, 0.5) is 0 Å². The van der Waals surface area contributed by atoms with Gasteiger partial charge in [0.15, 0.2) is 15.9 Å². The Morgan fingerprint density at radius 2 is 1.09 bits per heavy atom. The van der Waals surface area contributed by atoms with Crippen molar-refractivity contribution in [2.45, 2.75) is 14.1 Å². The lowest BCUT2D eigenvalue weighted by atomic mass is 9.69. The molecule has 1 fully saturated rings. The maximum absolute atomic E-state index is 13.0. The summed E-state index contributed by atoms with van der Waals surface area (Å²) in [6, 6.07) is 6.44. The average Bonchev–Trinajstić information content (AvgIpc) is 2.73. The number of alkyl halides is 4. The lowest BCUT2D eigenvalue weighted by molar-refractivity contribution is 0.0733. The SMILES string of the molecule is O=C1c2ccccc2C(=O)C2C1C1(Cl)C(Cl)=C(Cl)C2(Cl)C1(Cl)Cl. The Bertz CT molecular complexity index is 766. The molecule has 8 heteroatoms. The number of allylic oxidation sites excluding steroid dienone is 2. The van der Waals surface area contributed by atoms with Crippen molar-refractivity contribution in [3.63, 3.8) is 0 Å². The first-order valence-corrected chi connectivity index (χ1v) is 8.88. The summed E-state index contributed by atoms with van der Waals surface area (Å²) in [7, 11) is 0. The molecule has 0 saturated heterocycles. The van der Waals surface area contributed by atoms with Gasteiger partial charge in [0.25, 0.3) is 0 Å². The molecule has 0 N–H and O–H groups in total. The van der Waals surface area contributed by atoms with Gasteiger partial charge in [-0.05, 0) is 0 Å². The zero-order valence-corrected chi connectivity index (χ0v) is 15.6. The van der Waals surface area contributed by atoms with Crippen LogP contribution < -0.4 is 0 Å². The van der Waals surface area contributed by atoms with Crippen LogP contribution in [0.3, 0.4) is 0 Å². The van der Waals surface area contributed by atoms with Crippen LogP contribution in [-0.2, 0) is 0 Å². The van der Waals surface area contributed by atoms with E-state index in [0.29, 0.717) is 0 Å². The van der Waals surface area contributed by atoms with Gasteiger partial charge in [-0.15, -0.1) is 23.2 Å². The number of carbonyl (C=O) groups excluding carboxylic acids is 2. The summed E-state index contributed by atoms with van der Waals surface area (Å²) in [5.74, 6) is -2.88. The summed E-state index contributed by atoms with van der Waals surface area (Å²) in [5, 5.41) is -0.162. The van der Waals surface area contributed by atoms with Crippen LogP contribution in [0.5, 0.6) is 0 Å². The van der Waals surface area contributed by atoms with Crippen molar-refractivity contribution in [3.8, 4) is 0 Å². The van der Waals surface area contributed by atoms with Gasteiger partial charge >= 0.3 is 0 Å². The van der Waals surface area contributed by atoms with Crippen LogP contribution in [0.1, 0.15) is 20.7 Å². The lowest BCUT2D eigenvalue weighted by Crippen LogP contribution is -2.48. The van der Waals surface area contributed by atoms with Gasteiger partial charge in [-0.25, -0.2) is 0 Å². The van der Waals surface area contributed by atoms with Crippen LogP contribution in [0, 0.1) is 11.8 Å². The second kappa shape index (κ2) is 4.60. The van der Waals surface area contributed by atoms with Gasteiger partial charge < -0.3 is 0 Å². The van der Waals surface area contributed by atoms with E-state index in [4.69, 9.17) is 69.6 Å². The van der Waals surface area contributed by atoms with E-state index in [1.54, 1.807) is 24.3 Å². The second-order valence-electron chi connectivity index (χ2n) is 5.86. The Hall–Kier alpha value is 0.0400. The van der Waals surface area contributed by atoms with Gasteiger partial charge in [0, 0.05) is 11.1 Å². The Morgan fingerprint density at radius 1 is 0.739 bits per heavy atom. The largest absolute Gasteiger partial charge is 0.294 e. The number of halogens is 6. The van der Waals surface area contributed by atoms with Crippen molar-refractivity contribution in [1.82, 2.24) is 0 Å². The molecule has 0 amide bonds. The fraction of sp³-hybridized carbons (Fsp3) is 0.333. The summed E-state index contributed by atoms with van der Waals surface area (Å²) in [6.45, 7) is 0. The fourth-order valence-electron chi connectivity index (χ4n) is 3.89. The van der Waals surface area contributed by atoms with Crippen LogP contribution in [0.25, 0.3) is 0 Å². The third-order valence-electron chi connectivity index (χ3n) is 4.96. The summed E-state index contributed by atoms with van der Waals surface area (Å²) in [5.41, 5.74) is 0.521. The van der Waals surface area contributed by atoms with Crippen LogP contribution in [-0.4, -0.2) is 25.6 Å². The van der Waals surface area contributed by atoms with E-state index >= 15 is 0 Å². The average molecular weight is 431 g/mol. The third-order valence-corrected chi connectivity index (χ3v) is 9.22. The highest BCUT2D eigenvalue weighted by Gasteiger charge is 2.85. The molecule has 1 saturated carbocycles. The molecule has 4 rings (SSSR count). The highest BCUT2D eigenvalue weighted by Crippen LogP contribution is 2.77. The molecule has 0 radical (unpaired) electrons. The zero-order valence-electron chi connectivity index (χ0n) is 11.0. The van der Waals surface area contributed by atoms with E-state index in [-0.39, 0.29) is 32.8 Å². The fourth-order valence-corrected chi connectivity index (χ4v) is 6.84. The Balaban J connectivity index is 2.08. The number of hydrogen-bond donors (Lipinski definition) is 0. The smallest absolute Gasteiger partial charge is 0.169 e. The molecule has 1 aromatic rings. The third kappa shape index (κ3) is 1.49. The van der Waals surface area contributed by atoms with Crippen LogP contribution in [0.15, 0.2) is 34.3 Å². The minimum absolute atomic E-state index is 0.0809. The second-order valence-corrected chi connectivity index (χ2v) is 9.13.